The Balaban J connectivity index is 1.09. The second-order valence-electron chi connectivity index (χ2n) is 18.8. The Morgan fingerprint density at radius 3 is 1.19 bits per heavy atom. The molecule has 0 spiro atoms. The van der Waals surface area contributed by atoms with E-state index in [2.05, 4.69) is 246 Å². The topological polar surface area (TPSA) is 48.5 Å². The highest BCUT2D eigenvalue weighted by molar-refractivity contribution is 6.23. The number of hydrogen-bond donors (Lipinski definition) is 0. The minimum absolute atomic E-state index is 0.548. The summed E-state index contributed by atoms with van der Waals surface area (Å²) >= 11 is 0. The highest BCUT2D eigenvalue weighted by atomic mass is 15.2. The Morgan fingerprint density at radius 2 is 0.622 bits per heavy atom. The van der Waals surface area contributed by atoms with E-state index in [9.17, 15) is 0 Å². The lowest BCUT2D eigenvalue weighted by molar-refractivity contribution is 0.953. The van der Waals surface area contributed by atoms with Gasteiger partial charge in [-0.15, -0.1) is 0 Å². The first-order chi connectivity index (χ1) is 36.7. The third kappa shape index (κ3) is 7.37. The maximum Gasteiger partial charge on any atom is 0.238 e. The number of benzene rings is 11. The molecule has 3 aromatic heterocycles. The van der Waals surface area contributed by atoms with Gasteiger partial charge in [0.05, 0.1) is 22.1 Å². The first-order valence-electron chi connectivity index (χ1n) is 25.1. The summed E-state index contributed by atoms with van der Waals surface area (Å²) in [7, 11) is 0. The van der Waals surface area contributed by atoms with Crippen LogP contribution in [0.3, 0.4) is 0 Å². The van der Waals surface area contributed by atoms with Crippen molar-refractivity contribution < 1.29 is 0 Å². The van der Waals surface area contributed by atoms with Crippen molar-refractivity contribution in [1.29, 1.82) is 0 Å². The predicted octanol–water partition coefficient (Wildman–Crippen LogP) is 17.7. The Morgan fingerprint density at radius 1 is 0.230 bits per heavy atom. The van der Waals surface area contributed by atoms with Crippen molar-refractivity contribution in [2.45, 2.75) is 0 Å². The third-order valence-corrected chi connectivity index (χ3v) is 14.4. The van der Waals surface area contributed by atoms with Crippen LogP contribution in [0.15, 0.2) is 273 Å². The van der Waals surface area contributed by atoms with Crippen LogP contribution in [-0.2, 0) is 0 Å². The zero-order valence-corrected chi connectivity index (χ0v) is 40.2. The molecule has 346 valence electrons. The van der Waals surface area contributed by atoms with Gasteiger partial charge in [0.2, 0.25) is 5.95 Å². The quantitative estimate of drug-likeness (QED) is 0.145. The smallest absolute Gasteiger partial charge is 0.238 e. The molecule has 0 saturated heterocycles. The van der Waals surface area contributed by atoms with E-state index in [-0.39, 0.29) is 0 Å². The van der Waals surface area contributed by atoms with E-state index >= 15 is 0 Å². The average molecular weight is 944 g/mol. The van der Waals surface area contributed by atoms with Gasteiger partial charge in [-0.25, -0.2) is 4.98 Å². The molecule has 0 unspecified atom stereocenters. The van der Waals surface area contributed by atoms with E-state index in [1.165, 1.54) is 22.3 Å². The molecule has 74 heavy (non-hydrogen) atoms. The molecule has 0 amide bonds. The molecule has 14 rings (SSSR count). The van der Waals surface area contributed by atoms with Crippen molar-refractivity contribution in [2.24, 2.45) is 0 Å². The molecule has 0 atom stereocenters. The Labute approximate surface area is 428 Å². The van der Waals surface area contributed by atoms with Crippen LogP contribution in [0.2, 0.25) is 0 Å². The average Bonchev–Trinajstić information content (AvgIpc) is 4.02. The van der Waals surface area contributed by atoms with E-state index in [1.54, 1.807) is 0 Å². The summed E-state index contributed by atoms with van der Waals surface area (Å²) in [6, 6.07) is 97.5. The van der Waals surface area contributed by atoms with Crippen molar-refractivity contribution >= 4 is 43.6 Å². The minimum atomic E-state index is 0.548. The summed E-state index contributed by atoms with van der Waals surface area (Å²) < 4.78 is 4.75. The molecule has 5 heteroatoms. The van der Waals surface area contributed by atoms with Gasteiger partial charge >= 0.3 is 0 Å². The lowest BCUT2D eigenvalue weighted by Crippen LogP contribution is -2.07. The van der Waals surface area contributed by atoms with Crippen molar-refractivity contribution in [1.82, 2.24) is 24.1 Å². The van der Waals surface area contributed by atoms with Crippen LogP contribution in [0, 0.1) is 0 Å². The van der Waals surface area contributed by atoms with Crippen molar-refractivity contribution in [3.05, 3.63) is 273 Å². The van der Waals surface area contributed by atoms with Gasteiger partial charge in [0, 0.05) is 38.4 Å². The number of rotatable bonds is 9. The largest absolute Gasteiger partial charge is 0.307 e. The summed E-state index contributed by atoms with van der Waals surface area (Å²) in [6.45, 7) is 0. The molecular formula is C69H45N5. The molecule has 0 N–H and O–H groups in total. The molecule has 3 heterocycles. The van der Waals surface area contributed by atoms with E-state index in [0.29, 0.717) is 17.6 Å². The molecule has 0 aliphatic heterocycles. The van der Waals surface area contributed by atoms with Crippen LogP contribution in [-0.4, -0.2) is 24.1 Å². The lowest BCUT2D eigenvalue weighted by atomic mass is 9.88. The van der Waals surface area contributed by atoms with E-state index < -0.39 is 0 Å². The molecule has 0 aliphatic rings. The summed E-state index contributed by atoms with van der Waals surface area (Å²) in [6.07, 6.45) is 0. The Hall–Kier alpha value is -9.97. The van der Waals surface area contributed by atoms with Gasteiger partial charge in [-0.2, -0.15) is 9.97 Å². The molecule has 0 saturated carbocycles. The van der Waals surface area contributed by atoms with Crippen LogP contribution < -0.4 is 0 Å². The molecule has 14 aromatic rings. The van der Waals surface area contributed by atoms with Gasteiger partial charge in [0.15, 0.2) is 11.6 Å². The fraction of sp³-hybridized carbons (Fsp3) is 0. The van der Waals surface area contributed by atoms with Crippen LogP contribution >= 0.6 is 0 Å². The zero-order chi connectivity index (χ0) is 49.0. The van der Waals surface area contributed by atoms with Gasteiger partial charge in [0.25, 0.3) is 0 Å². The first kappa shape index (κ1) is 42.9. The van der Waals surface area contributed by atoms with Crippen molar-refractivity contribution in [3.63, 3.8) is 0 Å². The molecule has 11 aromatic carbocycles. The molecular weight excluding hydrogens is 899 g/mol. The van der Waals surface area contributed by atoms with E-state index in [1.807, 2.05) is 36.4 Å². The van der Waals surface area contributed by atoms with Crippen LogP contribution in [0.1, 0.15) is 0 Å². The summed E-state index contributed by atoms with van der Waals surface area (Å²) in [5.74, 6) is 1.76. The third-order valence-electron chi connectivity index (χ3n) is 14.4. The fourth-order valence-electron chi connectivity index (χ4n) is 11.0. The highest BCUT2D eigenvalue weighted by Gasteiger charge is 2.25. The van der Waals surface area contributed by atoms with Gasteiger partial charge < -0.3 is 4.57 Å². The van der Waals surface area contributed by atoms with Crippen LogP contribution in [0.4, 0.5) is 0 Å². The Bertz CT molecular complexity index is 4350. The molecule has 0 radical (unpaired) electrons. The monoisotopic (exact) mass is 943 g/mol. The maximum atomic E-state index is 5.37. The van der Waals surface area contributed by atoms with E-state index in [0.717, 1.165) is 93.8 Å². The lowest BCUT2D eigenvalue weighted by Gasteiger charge is -2.18. The first-order valence-corrected chi connectivity index (χ1v) is 25.1. The maximum absolute atomic E-state index is 5.37. The summed E-state index contributed by atoms with van der Waals surface area (Å²) in [5.41, 5.74) is 18.6. The van der Waals surface area contributed by atoms with Gasteiger partial charge in [-0.1, -0.05) is 237 Å². The number of aromatic nitrogens is 5. The minimum Gasteiger partial charge on any atom is -0.307 e. The second-order valence-corrected chi connectivity index (χ2v) is 18.8. The molecule has 5 nitrogen and oxygen atoms in total. The number of para-hydroxylation sites is 2. The number of hydrogen-bond acceptors (Lipinski definition) is 3. The molecule has 0 fully saturated rings. The predicted molar refractivity (Wildman–Crippen MR) is 307 cm³/mol. The second kappa shape index (κ2) is 18.0. The number of fused-ring (bicyclic) bond motifs is 7. The SMILES string of the molecule is c1ccc(-c2cccc(-c3cc(-c4ccccc4-c4ccccc4-c4ccccc4)cc(-n4c5ccccc5c5ccc6c7ccccc7n(-c7nc(-c8ccccc8)nc(-c8ccccc8)n7)c6c54)c3)c2)cc1. The standard InChI is InChI=1S/C69H45N5/c1-5-22-46(23-6-1)50-30-21-31-51(42-50)52-43-53(56-33-14-16-35-58(56)57-34-15-13-32-55(57)47-24-7-2-8-25-47)45-54(44-52)73-63-38-19-17-36-59(63)61-40-41-62-60-37-18-20-39-64(60)74(66(62)65(61)73)69-71-67(48-26-9-3-10-27-48)70-68(72-69)49-28-11-4-12-29-49/h1-45H. The molecule has 0 bridgehead atoms. The van der Waals surface area contributed by atoms with E-state index in [4.69, 9.17) is 15.0 Å². The van der Waals surface area contributed by atoms with Crippen molar-refractivity contribution in [3.8, 4) is 90.0 Å². The van der Waals surface area contributed by atoms with Crippen LogP contribution in [0.5, 0.6) is 0 Å². The van der Waals surface area contributed by atoms with Crippen LogP contribution in [0.25, 0.3) is 134 Å². The zero-order valence-electron chi connectivity index (χ0n) is 40.2. The van der Waals surface area contributed by atoms with Crippen molar-refractivity contribution in [2.75, 3.05) is 0 Å². The normalized spacial score (nSPS) is 11.5. The summed E-state index contributed by atoms with van der Waals surface area (Å²) in [5, 5.41) is 4.51. The van der Waals surface area contributed by atoms with Gasteiger partial charge in [0.1, 0.15) is 0 Å². The number of nitrogens with zero attached hydrogens (tertiary/aromatic N) is 5. The molecule has 0 aliphatic carbocycles. The Kier molecular flexibility index (Phi) is 10.4. The van der Waals surface area contributed by atoms with Gasteiger partial charge in [-0.05, 0) is 92.0 Å². The summed E-state index contributed by atoms with van der Waals surface area (Å²) in [4.78, 5) is 15.9. The fourth-order valence-corrected chi connectivity index (χ4v) is 11.0. The van der Waals surface area contributed by atoms with Gasteiger partial charge in [-0.3, -0.25) is 4.57 Å². The highest BCUT2D eigenvalue weighted by Crippen LogP contribution is 2.45.